The van der Waals surface area contributed by atoms with Gasteiger partial charge < -0.3 is 14.6 Å². The first-order chi connectivity index (χ1) is 8.65. The topological polar surface area (TPSA) is 67.8 Å². The van der Waals surface area contributed by atoms with Gasteiger partial charge in [-0.2, -0.15) is 0 Å². The van der Waals surface area contributed by atoms with Crippen LogP contribution in [0.15, 0.2) is 12.1 Å². The van der Waals surface area contributed by atoms with Gasteiger partial charge in [0.25, 0.3) is 0 Å². The number of aliphatic carboxylic acids is 1. The summed E-state index contributed by atoms with van der Waals surface area (Å²) in [6, 6.07) is 3.51. The van der Waals surface area contributed by atoms with Crippen LogP contribution >= 0.6 is 23.4 Å². The molecule has 96 valence electrons. The molecule has 2 aliphatic heterocycles. The maximum Gasteiger partial charge on any atom is 0.318 e. The number of halogens is 1. The van der Waals surface area contributed by atoms with Crippen molar-refractivity contribution in [2.75, 3.05) is 13.3 Å². The Hall–Kier alpha value is -1.11. The molecule has 0 saturated carbocycles. The van der Waals surface area contributed by atoms with Crippen molar-refractivity contribution < 1.29 is 19.4 Å². The smallest absolute Gasteiger partial charge is 0.318 e. The number of hydrogen-bond acceptors (Lipinski definition) is 5. The highest BCUT2D eigenvalue weighted by Gasteiger charge is 2.33. The Morgan fingerprint density at radius 3 is 2.83 bits per heavy atom. The highest BCUT2D eigenvalue weighted by molar-refractivity contribution is 8.01. The molecule has 1 saturated heterocycles. The third-order valence-electron chi connectivity index (χ3n) is 2.84. The number of carboxylic acid groups (broad SMARTS) is 1. The summed E-state index contributed by atoms with van der Waals surface area (Å²) >= 11 is 7.52. The summed E-state index contributed by atoms with van der Waals surface area (Å²) in [5, 5.41) is 12.1. The van der Waals surface area contributed by atoms with Crippen molar-refractivity contribution in [2.45, 2.75) is 10.6 Å². The molecular formula is C11H10ClNO4S. The normalized spacial score (nSPS) is 25.4. The van der Waals surface area contributed by atoms with Crippen molar-refractivity contribution in [3.63, 3.8) is 0 Å². The predicted molar refractivity (Wildman–Crippen MR) is 67.3 cm³/mol. The molecule has 2 heterocycles. The van der Waals surface area contributed by atoms with Gasteiger partial charge in [0.05, 0.1) is 10.4 Å². The van der Waals surface area contributed by atoms with Gasteiger partial charge in [-0.15, -0.1) is 11.8 Å². The Bertz CT molecular complexity index is 510. The number of thioether (sulfide) groups is 1. The first-order valence-corrected chi connectivity index (χ1v) is 6.68. The van der Waals surface area contributed by atoms with E-state index in [9.17, 15) is 4.79 Å². The quantitative estimate of drug-likeness (QED) is 0.865. The predicted octanol–water partition coefficient (Wildman–Crippen LogP) is 1.86. The van der Waals surface area contributed by atoms with E-state index in [0.29, 0.717) is 23.1 Å². The summed E-state index contributed by atoms with van der Waals surface area (Å²) in [5.41, 5.74) is 0.828. The summed E-state index contributed by atoms with van der Waals surface area (Å²) in [5.74, 6) is 0.462. The van der Waals surface area contributed by atoms with E-state index in [1.807, 2.05) is 0 Å². The average molecular weight is 288 g/mol. The lowest BCUT2D eigenvalue weighted by Gasteiger charge is -2.12. The second-order valence-corrected chi connectivity index (χ2v) is 5.70. The Labute approximate surface area is 112 Å². The van der Waals surface area contributed by atoms with Crippen LogP contribution in [0.25, 0.3) is 0 Å². The molecule has 2 atom stereocenters. The molecule has 0 bridgehead atoms. The van der Waals surface area contributed by atoms with E-state index in [-0.39, 0.29) is 12.2 Å². The molecular weight excluding hydrogens is 278 g/mol. The maximum absolute atomic E-state index is 10.9. The van der Waals surface area contributed by atoms with Crippen molar-refractivity contribution in [1.82, 2.24) is 5.32 Å². The van der Waals surface area contributed by atoms with Gasteiger partial charge in [-0.25, -0.2) is 0 Å². The number of rotatable bonds is 2. The molecule has 0 radical (unpaired) electrons. The van der Waals surface area contributed by atoms with E-state index in [4.69, 9.17) is 26.2 Å². The van der Waals surface area contributed by atoms with E-state index < -0.39 is 11.2 Å². The van der Waals surface area contributed by atoms with Crippen molar-refractivity contribution in [1.29, 1.82) is 0 Å². The standard InChI is InChI=1S/C11H10ClNO4S/c12-6-2-8-7(16-4-17-8)1-5(6)10-13-3-9(18-10)11(14)15/h1-2,9-10,13H,3-4H2,(H,14,15)/t9-,10+/m0/s1. The van der Waals surface area contributed by atoms with Crippen LogP contribution in [0.1, 0.15) is 10.9 Å². The molecule has 1 fully saturated rings. The number of carboxylic acids is 1. The van der Waals surface area contributed by atoms with Crippen LogP contribution in [0.2, 0.25) is 5.02 Å². The summed E-state index contributed by atoms with van der Waals surface area (Å²) in [6.45, 7) is 0.619. The van der Waals surface area contributed by atoms with E-state index >= 15 is 0 Å². The highest BCUT2D eigenvalue weighted by Crippen LogP contribution is 2.44. The molecule has 1 aromatic rings. The van der Waals surface area contributed by atoms with Gasteiger partial charge in [-0.1, -0.05) is 11.6 Å². The van der Waals surface area contributed by atoms with Crippen LogP contribution in [-0.2, 0) is 4.79 Å². The van der Waals surface area contributed by atoms with Crippen LogP contribution in [-0.4, -0.2) is 29.7 Å². The van der Waals surface area contributed by atoms with Crippen molar-refractivity contribution in [2.24, 2.45) is 0 Å². The molecule has 3 rings (SSSR count). The molecule has 1 aromatic carbocycles. The van der Waals surface area contributed by atoms with Crippen molar-refractivity contribution in [3.8, 4) is 11.5 Å². The number of carbonyl (C=O) groups is 1. The minimum Gasteiger partial charge on any atom is -0.480 e. The molecule has 0 aromatic heterocycles. The summed E-state index contributed by atoms with van der Waals surface area (Å²) < 4.78 is 10.5. The molecule has 5 nitrogen and oxygen atoms in total. The first kappa shape index (κ1) is 12.0. The zero-order chi connectivity index (χ0) is 12.7. The van der Waals surface area contributed by atoms with Crippen molar-refractivity contribution in [3.05, 3.63) is 22.7 Å². The Kier molecular flexibility index (Phi) is 3.01. The Balaban J connectivity index is 1.87. The lowest BCUT2D eigenvalue weighted by Crippen LogP contribution is -2.21. The molecule has 18 heavy (non-hydrogen) atoms. The minimum absolute atomic E-state index is 0.131. The molecule has 0 unspecified atom stereocenters. The molecule has 7 heteroatoms. The summed E-state index contributed by atoms with van der Waals surface area (Å²) in [4.78, 5) is 10.9. The number of hydrogen-bond donors (Lipinski definition) is 2. The molecule has 0 spiro atoms. The fourth-order valence-electron chi connectivity index (χ4n) is 1.94. The van der Waals surface area contributed by atoms with Crippen LogP contribution < -0.4 is 14.8 Å². The molecule has 2 aliphatic rings. The van der Waals surface area contributed by atoms with E-state index in [1.54, 1.807) is 12.1 Å². The average Bonchev–Trinajstić information content (AvgIpc) is 2.94. The number of ether oxygens (including phenoxy) is 2. The molecule has 0 aliphatic carbocycles. The zero-order valence-electron chi connectivity index (χ0n) is 9.18. The number of fused-ring (bicyclic) bond motifs is 1. The lowest BCUT2D eigenvalue weighted by atomic mass is 10.2. The SMILES string of the molecule is O=C(O)[C@@H]1CN[C@@H](c2cc3c(cc2Cl)OCO3)S1. The zero-order valence-corrected chi connectivity index (χ0v) is 10.8. The molecule has 0 amide bonds. The van der Waals surface area contributed by atoms with Crippen LogP contribution in [0.5, 0.6) is 11.5 Å². The minimum atomic E-state index is -0.813. The van der Waals surface area contributed by atoms with Gasteiger partial charge in [0, 0.05) is 18.2 Å². The van der Waals surface area contributed by atoms with Gasteiger partial charge in [0.1, 0.15) is 5.25 Å². The third kappa shape index (κ3) is 2.00. The first-order valence-electron chi connectivity index (χ1n) is 5.36. The number of benzene rings is 1. The van der Waals surface area contributed by atoms with Gasteiger partial charge >= 0.3 is 5.97 Å². The van der Waals surface area contributed by atoms with Gasteiger partial charge in [-0.05, 0) is 6.07 Å². The van der Waals surface area contributed by atoms with E-state index in [2.05, 4.69) is 5.32 Å². The van der Waals surface area contributed by atoms with Gasteiger partial charge in [0.15, 0.2) is 11.5 Å². The Morgan fingerprint density at radius 1 is 1.44 bits per heavy atom. The second kappa shape index (κ2) is 4.53. The van der Waals surface area contributed by atoms with E-state index in [0.717, 1.165) is 5.56 Å². The fraction of sp³-hybridized carbons (Fsp3) is 0.364. The second-order valence-electron chi connectivity index (χ2n) is 3.98. The van der Waals surface area contributed by atoms with Crippen LogP contribution in [0.4, 0.5) is 0 Å². The third-order valence-corrected chi connectivity index (χ3v) is 4.56. The fourth-order valence-corrected chi connectivity index (χ4v) is 3.44. The summed E-state index contributed by atoms with van der Waals surface area (Å²) in [7, 11) is 0. The Morgan fingerprint density at radius 2 is 2.17 bits per heavy atom. The maximum atomic E-state index is 10.9. The summed E-state index contributed by atoms with van der Waals surface area (Å²) in [6.07, 6.45) is 0. The largest absolute Gasteiger partial charge is 0.480 e. The highest BCUT2D eigenvalue weighted by atomic mass is 35.5. The van der Waals surface area contributed by atoms with Crippen LogP contribution in [0.3, 0.4) is 0 Å². The van der Waals surface area contributed by atoms with Crippen molar-refractivity contribution >= 4 is 29.3 Å². The van der Waals surface area contributed by atoms with Crippen LogP contribution in [0, 0.1) is 0 Å². The number of nitrogens with one attached hydrogen (secondary N) is 1. The molecule has 2 N–H and O–H groups in total. The van der Waals surface area contributed by atoms with E-state index in [1.165, 1.54) is 11.8 Å². The van der Waals surface area contributed by atoms with Gasteiger partial charge in [0.2, 0.25) is 6.79 Å². The monoisotopic (exact) mass is 287 g/mol. The van der Waals surface area contributed by atoms with Gasteiger partial charge in [-0.3, -0.25) is 10.1 Å². The lowest BCUT2D eigenvalue weighted by molar-refractivity contribution is -0.136.